The van der Waals surface area contributed by atoms with Crippen molar-refractivity contribution in [1.82, 2.24) is 4.98 Å². The van der Waals surface area contributed by atoms with E-state index in [1.165, 1.54) is 0 Å². The summed E-state index contributed by atoms with van der Waals surface area (Å²) >= 11 is 6.24. The highest BCUT2D eigenvalue weighted by molar-refractivity contribution is 6.34. The van der Waals surface area contributed by atoms with E-state index in [1.54, 1.807) is 18.5 Å². The second-order valence-corrected chi connectivity index (χ2v) is 7.14. The molecule has 1 aromatic heterocycles. The average molecular weight is 332 g/mol. The third-order valence-corrected chi connectivity index (χ3v) is 3.49. The fourth-order valence-electron chi connectivity index (χ4n) is 2.33. The number of halogens is 1. The molecular formula is C18H22ClN3O. The summed E-state index contributed by atoms with van der Waals surface area (Å²) < 4.78 is 0. The summed E-state index contributed by atoms with van der Waals surface area (Å²) in [4.78, 5) is 16.6. The molecule has 5 heteroatoms. The van der Waals surface area contributed by atoms with Crippen LogP contribution >= 0.6 is 11.6 Å². The zero-order valence-electron chi connectivity index (χ0n) is 14.1. The summed E-state index contributed by atoms with van der Waals surface area (Å²) in [5.74, 6) is -0.232. The van der Waals surface area contributed by atoms with Crippen LogP contribution in [0.1, 0.15) is 42.3 Å². The predicted molar refractivity (Wildman–Crippen MR) is 96.5 cm³/mol. The molecular weight excluding hydrogens is 310 g/mol. The molecule has 0 fully saturated rings. The van der Waals surface area contributed by atoms with Crippen molar-refractivity contribution >= 4 is 28.9 Å². The number of aryl methyl sites for hydroxylation is 2. The van der Waals surface area contributed by atoms with Crippen molar-refractivity contribution in [2.75, 3.05) is 10.6 Å². The molecule has 4 nitrogen and oxygen atoms in total. The monoisotopic (exact) mass is 331 g/mol. The first-order chi connectivity index (χ1) is 10.7. The van der Waals surface area contributed by atoms with Crippen LogP contribution in [0.2, 0.25) is 5.02 Å². The number of aromatic nitrogens is 1. The van der Waals surface area contributed by atoms with Gasteiger partial charge < -0.3 is 10.6 Å². The van der Waals surface area contributed by atoms with Gasteiger partial charge in [0.15, 0.2) is 0 Å². The van der Waals surface area contributed by atoms with Crippen molar-refractivity contribution in [3.8, 4) is 0 Å². The number of nitrogens with one attached hydrogen (secondary N) is 2. The van der Waals surface area contributed by atoms with Gasteiger partial charge in [0, 0.05) is 17.9 Å². The first-order valence-electron chi connectivity index (χ1n) is 7.47. The number of anilines is 2. The number of hydrogen-bond donors (Lipinski definition) is 2. The Balaban J connectivity index is 2.23. The summed E-state index contributed by atoms with van der Waals surface area (Å²) in [6.45, 7) is 10.0. The lowest BCUT2D eigenvalue weighted by Crippen LogP contribution is -2.26. The SMILES string of the molecule is Cc1cc(C)c(NC(=O)c2cncc(NC(C)(C)C)c2)c(Cl)c1. The fraction of sp³-hybridized carbons (Fsp3) is 0.333. The lowest BCUT2D eigenvalue weighted by Gasteiger charge is -2.22. The van der Waals surface area contributed by atoms with E-state index >= 15 is 0 Å². The Morgan fingerprint density at radius 3 is 2.43 bits per heavy atom. The van der Waals surface area contributed by atoms with Crippen LogP contribution in [0.25, 0.3) is 0 Å². The minimum atomic E-state index is -0.232. The summed E-state index contributed by atoms with van der Waals surface area (Å²) in [5.41, 5.74) is 3.81. The number of carbonyl (C=O) groups excluding carboxylic acids is 1. The third kappa shape index (κ3) is 4.70. The first kappa shape index (κ1) is 17.3. The van der Waals surface area contributed by atoms with Crippen molar-refractivity contribution in [2.24, 2.45) is 0 Å². The molecule has 122 valence electrons. The van der Waals surface area contributed by atoms with E-state index in [9.17, 15) is 4.79 Å². The van der Waals surface area contributed by atoms with E-state index < -0.39 is 0 Å². The van der Waals surface area contributed by atoms with E-state index in [2.05, 4.69) is 36.4 Å². The maximum atomic E-state index is 12.5. The van der Waals surface area contributed by atoms with Crippen LogP contribution in [0.3, 0.4) is 0 Å². The van der Waals surface area contributed by atoms with E-state index in [0.717, 1.165) is 16.8 Å². The molecule has 1 amide bonds. The highest BCUT2D eigenvalue weighted by Gasteiger charge is 2.14. The standard InChI is InChI=1S/C18H22ClN3O/c1-11-6-12(2)16(15(19)7-11)21-17(23)13-8-14(10-20-9-13)22-18(3,4)5/h6-10,22H,1-5H3,(H,21,23). The van der Waals surface area contributed by atoms with Gasteiger partial charge in [0.05, 0.1) is 22.0 Å². The van der Waals surface area contributed by atoms with Crippen molar-refractivity contribution in [3.05, 3.63) is 52.3 Å². The Labute approximate surface area is 142 Å². The van der Waals surface area contributed by atoms with E-state index in [-0.39, 0.29) is 11.4 Å². The lowest BCUT2D eigenvalue weighted by molar-refractivity contribution is 0.102. The van der Waals surface area contributed by atoms with Gasteiger partial charge in [-0.15, -0.1) is 0 Å². The molecule has 0 radical (unpaired) electrons. The van der Waals surface area contributed by atoms with E-state index in [4.69, 9.17) is 11.6 Å². The Kier molecular flexibility index (Phi) is 4.95. The Bertz CT molecular complexity index is 712. The largest absolute Gasteiger partial charge is 0.379 e. The van der Waals surface area contributed by atoms with E-state index in [0.29, 0.717) is 16.3 Å². The predicted octanol–water partition coefficient (Wildman–Crippen LogP) is 4.81. The molecule has 2 N–H and O–H groups in total. The maximum absolute atomic E-state index is 12.5. The van der Waals surface area contributed by atoms with E-state index in [1.807, 2.05) is 26.0 Å². The van der Waals surface area contributed by atoms with Crippen molar-refractivity contribution < 1.29 is 4.79 Å². The highest BCUT2D eigenvalue weighted by Crippen LogP contribution is 2.28. The number of hydrogen-bond acceptors (Lipinski definition) is 3. The molecule has 0 aliphatic carbocycles. The van der Waals surface area contributed by atoms with Crippen LogP contribution in [0, 0.1) is 13.8 Å². The molecule has 0 bridgehead atoms. The van der Waals surface area contributed by atoms with Gasteiger partial charge in [-0.2, -0.15) is 0 Å². The smallest absolute Gasteiger partial charge is 0.257 e. The second-order valence-electron chi connectivity index (χ2n) is 6.73. The number of rotatable bonds is 3. The normalized spacial score (nSPS) is 11.2. The van der Waals surface area contributed by atoms with Crippen LogP contribution in [-0.4, -0.2) is 16.4 Å². The molecule has 0 spiro atoms. The van der Waals surface area contributed by atoms with Crippen molar-refractivity contribution in [1.29, 1.82) is 0 Å². The molecule has 2 aromatic rings. The van der Waals surface area contributed by atoms with Crippen molar-refractivity contribution in [3.63, 3.8) is 0 Å². The minimum Gasteiger partial charge on any atom is -0.379 e. The van der Waals surface area contributed by atoms with Gasteiger partial charge in [-0.3, -0.25) is 9.78 Å². The summed E-state index contributed by atoms with van der Waals surface area (Å²) in [6, 6.07) is 5.60. The van der Waals surface area contributed by atoms with Crippen LogP contribution in [0.15, 0.2) is 30.6 Å². The Morgan fingerprint density at radius 2 is 1.83 bits per heavy atom. The summed E-state index contributed by atoms with van der Waals surface area (Å²) in [5, 5.41) is 6.71. The highest BCUT2D eigenvalue weighted by atomic mass is 35.5. The Hall–Kier alpha value is -2.07. The van der Waals surface area contributed by atoms with Gasteiger partial charge in [-0.25, -0.2) is 0 Å². The second kappa shape index (κ2) is 6.59. The molecule has 2 rings (SSSR count). The van der Waals surface area contributed by atoms with Crippen molar-refractivity contribution in [2.45, 2.75) is 40.2 Å². The average Bonchev–Trinajstić information content (AvgIpc) is 2.41. The number of nitrogens with zero attached hydrogens (tertiary/aromatic N) is 1. The number of benzene rings is 1. The van der Waals surface area contributed by atoms with Gasteiger partial charge >= 0.3 is 0 Å². The molecule has 0 aliphatic heterocycles. The Morgan fingerprint density at radius 1 is 1.13 bits per heavy atom. The number of pyridine rings is 1. The molecule has 1 aromatic carbocycles. The molecule has 0 saturated carbocycles. The minimum absolute atomic E-state index is 0.104. The molecule has 0 unspecified atom stereocenters. The zero-order valence-corrected chi connectivity index (χ0v) is 14.9. The number of carbonyl (C=O) groups is 1. The lowest BCUT2D eigenvalue weighted by atomic mass is 10.1. The van der Waals surface area contributed by atoms with Gasteiger partial charge in [-0.05, 0) is 57.9 Å². The molecule has 0 saturated heterocycles. The maximum Gasteiger partial charge on any atom is 0.257 e. The van der Waals surface area contributed by atoms with Gasteiger partial charge in [0.1, 0.15) is 0 Å². The topological polar surface area (TPSA) is 54.0 Å². The number of amides is 1. The third-order valence-electron chi connectivity index (χ3n) is 3.19. The quantitative estimate of drug-likeness (QED) is 0.848. The van der Waals surface area contributed by atoms with Gasteiger partial charge in [0.25, 0.3) is 5.91 Å². The molecule has 23 heavy (non-hydrogen) atoms. The first-order valence-corrected chi connectivity index (χ1v) is 7.85. The molecule has 1 heterocycles. The summed E-state index contributed by atoms with van der Waals surface area (Å²) in [6.07, 6.45) is 3.24. The molecule has 0 atom stereocenters. The van der Waals surface area contributed by atoms with Crippen LogP contribution in [0.5, 0.6) is 0 Å². The molecule has 0 aliphatic rings. The van der Waals surface area contributed by atoms with Gasteiger partial charge in [0.2, 0.25) is 0 Å². The van der Waals surface area contributed by atoms with Crippen LogP contribution in [0.4, 0.5) is 11.4 Å². The van der Waals surface area contributed by atoms with Gasteiger partial charge in [-0.1, -0.05) is 17.7 Å². The summed E-state index contributed by atoms with van der Waals surface area (Å²) in [7, 11) is 0. The fourth-order valence-corrected chi connectivity index (χ4v) is 2.69. The zero-order chi connectivity index (χ0) is 17.2. The van der Waals surface area contributed by atoms with Crippen LogP contribution in [-0.2, 0) is 0 Å². The van der Waals surface area contributed by atoms with Crippen LogP contribution < -0.4 is 10.6 Å².